The summed E-state index contributed by atoms with van der Waals surface area (Å²) in [6.45, 7) is 0.931. The van der Waals surface area contributed by atoms with E-state index in [4.69, 9.17) is 24.6 Å². The quantitative estimate of drug-likeness (QED) is 0.0469. The molecular formula is C25H44N7O17P3S. The van der Waals surface area contributed by atoms with Crippen LogP contribution in [0.15, 0.2) is 12.7 Å². The van der Waals surface area contributed by atoms with Crippen LogP contribution in [0.5, 0.6) is 0 Å². The smallest absolute Gasteiger partial charge is 0.396 e. The van der Waals surface area contributed by atoms with Crippen LogP contribution in [0, 0.1) is 5.41 Å². The number of hydrogen-bond donors (Lipinski definition) is 10. The second kappa shape index (κ2) is 19.6. The third-order valence-corrected chi connectivity index (χ3v) is 11.5. The molecule has 11 N–H and O–H groups in total. The topological polar surface area (TPSA) is 367 Å². The first kappa shape index (κ1) is 45.2. The molecule has 0 bridgehead atoms. The molecule has 3 rings (SSSR count). The third-order valence-electron chi connectivity index (χ3n) is 7.34. The number of aliphatic hydroxyl groups is 3. The number of fused-ring (bicyclic) bond motifs is 1. The molecule has 2 aromatic rings. The van der Waals surface area contributed by atoms with Crippen LogP contribution in [-0.4, -0.2) is 135 Å². The van der Waals surface area contributed by atoms with Gasteiger partial charge in [-0.2, -0.15) is 16.1 Å². The normalized spacial score (nSPS) is 22.3. The van der Waals surface area contributed by atoms with Crippen LogP contribution in [0.2, 0.25) is 0 Å². The highest BCUT2D eigenvalue weighted by Gasteiger charge is 2.50. The Morgan fingerprint density at radius 1 is 1.06 bits per heavy atom. The average Bonchev–Trinajstić information content (AvgIpc) is 3.62. The first-order chi connectivity index (χ1) is 24.7. The molecule has 1 aliphatic heterocycles. The van der Waals surface area contributed by atoms with Gasteiger partial charge in [0.05, 0.1) is 19.5 Å². The number of rotatable bonds is 23. The fourth-order valence-electron chi connectivity index (χ4n) is 4.62. The van der Waals surface area contributed by atoms with Gasteiger partial charge in [-0.25, -0.2) is 28.6 Å². The van der Waals surface area contributed by atoms with Crippen molar-refractivity contribution in [1.29, 1.82) is 0 Å². The van der Waals surface area contributed by atoms with Crippen molar-refractivity contribution in [3.05, 3.63) is 12.7 Å². The van der Waals surface area contributed by atoms with Gasteiger partial charge in [0.15, 0.2) is 17.7 Å². The van der Waals surface area contributed by atoms with E-state index in [9.17, 15) is 53.1 Å². The van der Waals surface area contributed by atoms with Crippen LogP contribution >= 0.6 is 35.2 Å². The fraction of sp³-hybridized carbons (Fsp3) is 0.720. The van der Waals surface area contributed by atoms with E-state index >= 15 is 0 Å². The molecule has 7 atom stereocenters. The van der Waals surface area contributed by atoms with Crippen molar-refractivity contribution in [3.8, 4) is 0 Å². The minimum atomic E-state index is -5.55. The summed E-state index contributed by atoms with van der Waals surface area (Å²) in [7, 11) is -16.3. The molecule has 2 aromatic heterocycles. The van der Waals surface area contributed by atoms with Gasteiger partial charge < -0.3 is 56.0 Å². The number of aromatic nitrogens is 4. The summed E-state index contributed by atoms with van der Waals surface area (Å²) >= 11 is 1.61. The summed E-state index contributed by atoms with van der Waals surface area (Å²) in [4.78, 5) is 75.3. The van der Waals surface area contributed by atoms with Crippen molar-refractivity contribution in [2.24, 2.45) is 5.41 Å². The standard InChI is InChI=1S/C25H44N7O17P3S/c1-25(2,20(36)23(37)28-6-5-16(34)27-7-10-53-9-4-3-8-33)12-46-52(43,44)49-51(41,42)45-11-15-19(48-50(38,39)40)18(35)24(47-15)32-14-31-17-21(26)29-13-30-22(17)32/h13-15,18-20,24,33,35-36H,3-12H2,1-2H3,(H,27,34)(H,28,37)(H,41,42)(H,43,44)(H2,26,29,30)(H2,38,39,40)/t15-,18-,19-,20?,24-/m1/s1. The number of nitrogens with two attached hydrogens (primary N) is 1. The number of nitrogens with zero attached hydrogens (tertiary/aromatic N) is 4. The van der Waals surface area contributed by atoms with Crippen molar-refractivity contribution in [3.63, 3.8) is 0 Å². The number of nitrogens with one attached hydrogen (secondary N) is 2. The summed E-state index contributed by atoms with van der Waals surface area (Å²) in [6, 6.07) is 0. The number of phosphoric ester groups is 3. The Labute approximate surface area is 306 Å². The first-order valence-electron chi connectivity index (χ1n) is 15.7. The zero-order valence-electron chi connectivity index (χ0n) is 28.4. The van der Waals surface area contributed by atoms with E-state index < -0.39 is 78.6 Å². The van der Waals surface area contributed by atoms with Crippen LogP contribution < -0.4 is 16.4 Å². The predicted molar refractivity (Wildman–Crippen MR) is 183 cm³/mol. The minimum absolute atomic E-state index is 0.0356. The van der Waals surface area contributed by atoms with Gasteiger partial charge in [0.25, 0.3) is 0 Å². The van der Waals surface area contributed by atoms with E-state index in [0.29, 0.717) is 18.7 Å². The van der Waals surface area contributed by atoms with Gasteiger partial charge in [-0.15, -0.1) is 0 Å². The van der Waals surface area contributed by atoms with E-state index in [2.05, 4.69) is 34.4 Å². The summed E-state index contributed by atoms with van der Waals surface area (Å²) in [5, 5.41) is 35.2. The molecule has 1 fully saturated rings. The highest BCUT2D eigenvalue weighted by atomic mass is 32.2. The Bertz CT molecular complexity index is 1680. The average molecular weight is 840 g/mol. The molecule has 3 unspecified atom stereocenters. The monoisotopic (exact) mass is 839 g/mol. The van der Waals surface area contributed by atoms with Gasteiger partial charge in [-0.05, 0) is 18.6 Å². The molecule has 0 aliphatic carbocycles. The lowest BCUT2D eigenvalue weighted by atomic mass is 9.87. The van der Waals surface area contributed by atoms with Crippen LogP contribution in [0.1, 0.15) is 39.3 Å². The van der Waals surface area contributed by atoms with Gasteiger partial charge in [0.1, 0.15) is 36.3 Å². The molecule has 0 saturated carbocycles. The van der Waals surface area contributed by atoms with Crippen molar-refractivity contribution >= 4 is 64.0 Å². The summed E-state index contributed by atoms with van der Waals surface area (Å²) < 4.78 is 62.0. The minimum Gasteiger partial charge on any atom is -0.396 e. The number of amides is 2. The number of nitrogen functional groups attached to an aromatic ring is 1. The van der Waals surface area contributed by atoms with Gasteiger partial charge in [0.2, 0.25) is 11.8 Å². The van der Waals surface area contributed by atoms with Crippen molar-refractivity contribution in [1.82, 2.24) is 30.2 Å². The van der Waals surface area contributed by atoms with Gasteiger partial charge in [0, 0.05) is 37.3 Å². The maximum Gasteiger partial charge on any atom is 0.481 e. The highest BCUT2D eigenvalue weighted by molar-refractivity contribution is 7.99. The Kier molecular flexibility index (Phi) is 16.8. The number of imidazole rings is 1. The largest absolute Gasteiger partial charge is 0.481 e. The summed E-state index contributed by atoms with van der Waals surface area (Å²) in [5.41, 5.74) is 4.29. The zero-order chi connectivity index (χ0) is 39.6. The Morgan fingerprint density at radius 3 is 2.43 bits per heavy atom. The number of aliphatic hydroxyl groups excluding tert-OH is 3. The Balaban J connectivity index is 1.51. The van der Waals surface area contributed by atoms with Crippen molar-refractivity contribution in [2.45, 2.75) is 63.8 Å². The second-order valence-electron chi connectivity index (χ2n) is 12.1. The number of carbonyl (C=O) groups excluding carboxylic acids is 2. The van der Waals surface area contributed by atoms with Crippen LogP contribution in [0.25, 0.3) is 11.2 Å². The lowest BCUT2D eigenvalue weighted by Crippen LogP contribution is -2.46. The van der Waals surface area contributed by atoms with E-state index in [1.54, 1.807) is 11.8 Å². The molecule has 302 valence electrons. The SMILES string of the molecule is CC(C)(COP(=O)(O)OP(=O)(O)OC[C@H]1O[C@@H](n2cnc3c(N)ncnc32)[C@H](O)[C@@H]1OP(=O)(O)O)C(O)C(=O)NCCC(=O)NCCSCCCCO. The van der Waals surface area contributed by atoms with E-state index in [1.807, 2.05) is 0 Å². The molecule has 1 saturated heterocycles. The molecule has 3 heterocycles. The molecule has 2 amide bonds. The van der Waals surface area contributed by atoms with Gasteiger partial charge in [-0.1, -0.05) is 13.8 Å². The lowest BCUT2D eigenvalue weighted by Gasteiger charge is -2.30. The third kappa shape index (κ3) is 14.1. The molecule has 1 aliphatic rings. The predicted octanol–water partition coefficient (Wildman–Crippen LogP) is -1.09. The lowest BCUT2D eigenvalue weighted by molar-refractivity contribution is -0.137. The van der Waals surface area contributed by atoms with E-state index in [0.717, 1.165) is 29.4 Å². The summed E-state index contributed by atoms with van der Waals surface area (Å²) in [6.07, 6.45) is -5.21. The number of anilines is 1. The molecule has 0 radical (unpaired) electrons. The van der Waals surface area contributed by atoms with Crippen LogP contribution in [0.4, 0.5) is 5.82 Å². The molecular weight excluding hydrogens is 795 g/mol. The van der Waals surface area contributed by atoms with Crippen LogP contribution in [-0.2, 0) is 45.9 Å². The van der Waals surface area contributed by atoms with E-state index in [1.165, 1.54) is 13.8 Å². The zero-order valence-corrected chi connectivity index (χ0v) is 31.9. The second-order valence-corrected chi connectivity index (χ2v) is 17.6. The highest BCUT2D eigenvalue weighted by Crippen LogP contribution is 2.61. The maximum absolute atomic E-state index is 12.6. The first-order valence-corrected chi connectivity index (χ1v) is 21.4. The van der Waals surface area contributed by atoms with Crippen molar-refractivity contribution in [2.75, 3.05) is 50.1 Å². The number of carbonyl (C=O) groups is 2. The molecule has 28 heteroatoms. The number of thioether (sulfide) groups is 1. The molecule has 0 aromatic carbocycles. The number of phosphoric acid groups is 3. The maximum atomic E-state index is 12.6. The molecule has 0 spiro atoms. The number of unbranched alkanes of at least 4 members (excludes halogenated alkanes) is 1. The molecule has 53 heavy (non-hydrogen) atoms. The Hall–Kier alpha value is -2.15. The fourth-order valence-corrected chi connectivity index (χ4v) is 8.31. The van der Waals surface area contributed by atoms with Gasteiger partial charge in [-0.3, -0.25) is 27.7 Å². The van der Waals surface area contributed by atoms with E-state index in [-0.39, 0.29) is 42.5 Å². The van der Waals surface area contributed by atoms with Crippen LogP contribution in [0.3, 0.4) is 0 Å². The van der Waals surface area contributed by atoms with Crippen molar-refractivity contribution < 1.29 is 80.8 Å². The summed E-state index contributed by atoms with van der Waals surface area (Å²) in [5.74, 6) is 0.180. The Morgan fingerprint density at radius 2 is 1.75 bits per heavy atom. The molecule has 24 nitrogen and oxygen atoms in total. The number of hydrogen-bond acceptors (Lipinski definition) is 18. The van der Waals surface area contributed by atoms with Gasteiger partial charge >= 0.3 is 23.5 Å². The number of ether oxygens (including phenoxy) is 1.